The molecule has 2 N–H and O–H groups in total. The molecular weight excluding hydrogens is 142 g/mol. The van der Waals surface area contributed by atoms with E-state index in [1.165, 1.54) is 0 Å². The summed E-state index contributed by atoms with van der Waals surface area (Å²) in [4.78, 5) is 1.60. The maximum Gasteiger partial charge on any atom is 0.135 e. The molecule has 68 valence electrons. The molecule has 0 amide bonds. The molecule has 0 fully saturated rings. The molecule has 0 aliphatic heterocycles. The van der Waals surface area contributed by atoms with E-state index < -0.39 is 11.8 Å². The van der Waals surface area contributed by atoms with Gasteiger partial charge in [0.2, 0.25) is 0 Å². The molecule has 0 aromatic rings. The molecule has 2 atom stereocenters. The molecule has 0 aromatic heterocycles. The van der Waals surface area contributed by atoms with Crippen molar-refractivity contribution in [2.45, 2.75) is 32.6 Å². The molecule has 0 aliphatic rings. The zero-order valence-electron chi connectivity index (χ0n) is 8.00. The van der Waals surface area contributed by atoms with Crippen LogP contribution in [0.15, 0.2) is 0 Å². The monoisotopic (exact) mass is 161 g/mol. The minimum Gasteiger partial charge on any atom is -0.386 e. The summed E-state index contributed by atoms with van der Waals surface area (Å²) in [5, 5.41) is 19.2. The summed E-state index contributed by atoms with van der Waals surface area (Å²) >= 11 is 0. The third kappa shape index (κ3) is 2.43. The lowest BCUT2D eigenvalue weighted by atomic mass is 9.90. The average molecular weight is 161 g/mol. The van der Waals surface area contributed by atoms with Crippen molar-refractivity contribution in [2.24, 2.45) is 5.92 Å². The van der Waals surface area contributed by atoms with Gasteiger partial charge < -0.3 is 10.2 Å². The number of rotatable bonds is 3. The number of hydrogen-bond acceptors (Lipinski definition) is 3. The Morgan fingerprint density at radius 3 is 1.73 bits per heavy atom. The Hall–Kier alpha value is -0.120. The zero-order valence-corrected chi connectivity index (χ0v) is 8.00. The van der Waals surface area contributed by atoms with Crippen LogP contribution in [0.1, 0.15) is 20.8 Å². The standard InChI is InChI=1S/C8H19NO2/c1-6(2)8(3,11)7(10)9(4)5/h6-7,10-11H,1-5H3. The summed E-state index contributed by atoms with van der Waals surface area (Å²) in [6, 6.07) is 0. The highest BCUT2D eigenvalue weighted by Gasteiger charge is 2.34. The van der Waals surface area contributed by atoms with E-state index in [0.717, 1.165) is 0 Å². The second kappa shape index (κ2) is 3.52. The Morgan fingerprint density at radius 2 is 1.64 bits per heavy atom. The number of aliphatic hydroxyl groups is 2. The van der Waals surface area contributed by atoms with Crippen molar-refractivity contribution in [3.05, 3.63) is 0 Å². The molecule has 2 unspecified atom stereocenters. The van der Waals surface area contributed by atoms with Gasteiger partial charge in [-0.2, -0.15) is 0 Å². The van der Waals surface area contributed by atoms with Crippen LogP contribution >= 0.6 is 0 Å². The van der Waals surface area contributed by atoms with Crippen LogP contribution in [0.5, 0.6) is 0 Å². The first-order chi connectivity index (χ1) is 4.80. The minimum atomic E-state index is -1.04. The Balaban J connectivity index is 4.29. The molecule has 0 rings (SSSR count). The summed E-state index contributed by atoms with van der Waals surface area (Å²) < 4.78 is 0. The number of likely N-dealkylation sites (N-methyl/N-ethyl adjacent to an activating group) is 1. The average Bonchev–Trinajstić information content (AvgIpc) is 1.85. The smallest absolute Gasteiger partial charge is 0.135 e. The van der Waals surface area contributed by atoms with Gasteiger partial charge in [-0.05, 0) is 26.9 Å². The van der Waals surface area contributed by atoms with Crippen LogP contribution in [0.2, 0.25) is 0 Å². The molecule has 3 nitrogen and oxygen atoms in total. The number of hydrogen-bond donors (Lipinski definition) is 2. The largest absolute Gasteiger partial charge is 0.386 e. The number of nitrogens with zero attached hydrogens (tertiary/aromatic N) is 1. The van der Waals surface area contributed by atoms with Crippen molar-refractivity contribution < 1.29 is 10.2 Å². The van der Waals surface area contributed by atoms with Crippen molar-refractivity contribution in [3.8, 4) is 0 Å². The molecule has 0 radical (unpaired) electrons. The predicted octanol–water partition coefficient (Wildman–Crippen LogP) is 0.273. The minimum absolute atomic E-state index is 0.0416. The molecular formula is C8H19NO2. The molecule has 0 saturated carbocycles. The van der Waals surface area contributed by atoms with Crippen LogP contribution < -0.4 is 0 Å². The van der Waals surface area contributed by atoms with E-state index in [2.05, 4.69) is 0 Å². The number of aliphatic hydroxyl groups excluding tert-OH is 1. The molecule has 0 aliphatic carbocycles. The summed E-state index contributed by atoms with van der Waals surface area (Å²) in [7, 11) is 3.48. The fraction of sp³-hybridized carbons (Fsp3) is 1.00. The van der Waals surface area contributed by atoms with Crippen LogP contribution in [-0.4, -0.2) is 41.0 Å². The molecule has 0 aromatic carbocycles. The predicted molar refractivity (Wildman–Crippen MR) is 45.2 cm³/mol. The third-order valence-electron chi connectivity index (χ3n) is 2.18. The summed E-state index contributed by atoms with van der Waals surface area (Å²) in [5.74, 6) is 0.0416. The molecule has 0 heterocycles. The van der Waals surface area contributed by atoms with Gasteiger partial charge in [0.15, 0.2) is 0 Å². The Morgan fingerprint density at radius 1 is 1.27 bits per heavy atom. The lowest BCUT2D eigenvalue weighted by Gasteiger charge is -2.36. The van der Waals surface area contributed by atoms with Crippen LogP contribution in [0.3, 0.4) is 0 Å². The Kier molecular flexibility index (Phi) is 3.48. The molecule has 0 spiro atoms. The summed E-state index contributed by atoms with van der Waals surface area (Å²) in [5.41, 5.74) is -1.04. The second-order valence-corrected chi connectivity index (χ2v) is 3.72. The quantitative estimate of drug-likeness (QED) is 0.584. The second-order valence-electron chi connectivity index (χ2n) is 3.72. The van der Waals surface area contributed by atoms with E-state index >= 15 is 0 Å². The lowest BCUT2D eigenvalue weighted by molar-refractivity contribution is -0.147. The van der Waals surface area contributed by atoms with Gasteiger partial charge in [0.25, 0.3) is 0 Å². The van der Waals surface area contributed by atoms with E-state index in [0.29, 0.717) is 0 Å². The van der Waals surface area contributed by atoms with Gasteiger partial charge in [0.05, 0.1) is 0 Å². The lowest BCUT2D eigenvalue weighted by Crippen LogP contribution is -2.51. The maximum atomic E-state index is 9.74. The summed E-state index contributed by atoms with van der Waals surface area (Å²) in [6.07, 6.45) is -0.803. The first-order valence-corrected chi connectivity index (χ1v) is 3.87. The highest BCUT2D eigenvalue weighted by Crippen LogP contribution is 2.21. The van der Waals surface area contributed by atoms with Gasteiger partial charge >= 0.3 is 0 Å². The van der Waals surface area contributed by atoms with Crippen LogP contribution in [0, 0.1) is 5.92 Å². The van der Waals surface area contributed by atoms with Crippen LogP contribution in [0.25, 0.3) is 0 Å². The molecule has 0 saturated heterocycles. The van der Waals surface area contributed by atoms with Gasteiger partial charge in [-0.3, -0.25) is 4.90 Å². The fourth-order valence-corrected chi connectivity index (χ4v) is 0.821. The van der Waals surface area contributed by atoms with Crippen molar-refractivity contribution >= 4 is 0 Å². The van der Waals surface area contributed by atoms with Gasteiger partial charge in [0.1, 0.15) is 11.8 Å². The topological polar surface area (TPSA) is 43.7 Å². The maximum absolute atomic E-state index is 9.74. The molecule has 0 bridgehead atoms. The first-order valence-electron chi connectivity index (χ1n) is 3.87. The van der Waals surface area contributed by atoms with E-state index in [4.69, 9.17) is 0 Å². The van der Waals surface area contributed by atoms with E-state index in [9.17, 15) is 10.2 Å². The Labute approximate surface area is 68.6 Å². The van der Waals surface area contributed by atoms with Gasteiger partial charge in [-0.25, -0.2) is 0 Å². The normalized spacial score (nSPS) is 20.5. The molecule has 3 heteroatoms. The first kappa shape index (κ1) is 10.9. The van der Waals surface area contributed by atoms with Crippen molar-refractivity contribution in [2.75, 3.05) is 14.1 Å². The Bertz CT molecular complexity index is 121. The van der Waals surface area contributed by atoms with Crippen molar-refractivity contribution in [3.63, 3.8) is 0 Å². The van der Waals surface area contributed by atoms with Gasteiger partial charge in [-0.1, -0.05) is 13.8 Å². The van der Waals surface area contributed by atoms with E-state index in [1.807, 2.05) is 13.8 Å². The van der Waals surface area contributed by atoms with Crippen molar-refractivity contribution in [1.29, 1.82) is 0 Å². The highest BCUT2D eigenvalue weighted by molar-refractivity contribution is 4.82. The molecule has 11 heavy (non-hydrogen) atoms. The van der Waals surface area contributed by atoms with Gasteiger partial charge in [-0.15, -0.1) is 0 Å². The van der Waals surface area contributed by atoms with E-state index in [-0.39, 0.29) is 5.92 Å². The summed E-state index contributed by atoms with van der Waals surface area (Å²) in [6.45, 7) is 5.40. The van der Waals surface area contributed by atoms with Crippen molar-refractivity contribution in [1.82, 2.24) is 4.90 Å². The zero-order chi connectivity index (χ0) is 9.23. The third-order valence-corrected chi connectivity index (χ3v) is 2.18. The highest BCUT2D eigenvalue weighted by atomic mass is 16.4. The van der Waals surface area contributed by atoms with Crippen LogP contribution in [-0.2, 0) is 0 Å². The SMILES string of the molecule is CC(C)C(C)(O)C(O)N(C)C. The van der Waals surface area contributed by atoms with E-state index in [1.54, 1.807) is 25.9 Å². The van der Waals surface area contributed by atoms with Crippen LogP contribution in [0.4, 0.5) is 0 Å². The van der Waals surface area contributed by atoms with Gasteiger partial charge in [0, 0.05) is 0 Å². The fourth-order valence-electron chi connectivity index (χ4n) is 0.821.